The van der Waals surface area contributed by atoms with Gasteiger partial charge in [0.2, 0.25) is 11.8 Å². The zero-order valence-electron chi connectivity index (χ0n) is 10.6. The fourth-order valence-electron chi connectivity index (χ4n) is 1.66. The van der Waals surface area contributed by atoms with Crippen LogP contribution in [-0.2, 0) is 5.41 Å². The van der Waals surface area contributed by atoms with Crippen molar-refractivity contribution >= 4 is 0 Å². The average molecular weight is 246 g/mol. The van der Waals surface area contributed by atoms with Crippen LogP contribution in [0.2, 0.25) is 0 Å². The van der Waals surface area contributed by atoms with Crippen molar-refractivity contribution in [2.45, 2.75) is 26.2 Å². The first-order valence-corrected chi connectivity index (χ1v) is 5.72. The van der Waals surface area contributed by atoms with Gasteiger partial charge >= 0.3 is 0 Å². The van der Waals surface area contributed by atoms with E-state index in [1.54, 1.807) is 0 Å². The van der Waals surface area contributed by atoms with Gasteiger partial charge in [0.15, 0.2) is 0 Å². The molecule has 2 rings (SSSR count). The van der Waals surface area contributed by atoms with Gasteiger partial charge in [-0.2, -0.15) is 4.39 Å². The van der Waals surface area contributed by atoms with Gasteiger partial charge in [0.25, 0.3) is 0 Å². The van der Waals surface area contributed by atoms with Crippen molar-refractivity contribution in [3.8, 4) is 11.6 Å². The van der Waals surface area contributed by atoms with Crippen molar-refractivity contribution in [2.75, 3.05) is 0 Å². The highest BCUT2D eigenvalue weighted by atomic mass is 19.1. The minimum Gasteiger partial charge on any atom is -0.439 e. The van der Waals surface area contributed by atoms with Crippen LogP contribution in [-0.4, -0.2) is 9.97 Å². The van der Waals surface area contributed by atoms with Gasteiger partial charge in [-0.25, -0.2) is 9.97 Å². The number of nitrogens with zero attached hydrogens (tertiary/aromatic N) is 2. The lowest BCUT2D eigenvalue weighted by Crippen LogP contribution is -2.12. The molecule has 94 valence electrons. The van der Waals surface area contributed by atoms with Crippen LogP contribution in [0.4, 0.5) is 4.39 Å². The summed E-state index contributed by atoms with van der Waals surface area (Å²) >= 11 is 0. The Morgan fingerprint density at radius 1 is 1.11 bits per heavy atom. The summed E-state index contributed by atoms with van der Waals surface area (Å²) < 4.78 is 18.6. The lowest BCUT2D eigenvalue weighted by molar-refractivity contribution is 0.431. The van der Waals surface area contributed by atoms with Crippen LogP contribution in [0.5, 0.6) is 11.6 Å². The van der Waals surface area contributed by atoms with Gasteiger partial charge < -0.3 is 4.74 Å². The predicted octanol–water partition coefficient (Wildman–Crippen LogP) is 3.71. The molecule has 0 saturated heterocycles. The van der Waals surface area contributed by atoms with Crippen LogP contribution in [0.15, 0.2) is 36.7 Å². The largest absolute Gasteiger partial charge is 0.439 e. The van der Waals surface area contributed by atoms with E-state index in [1.807, 2.05) is 24.3 Å². The highest BCUT2D eigenvalue weighted by Crippen LogP contribution is 2.33. The first kappa shape index (κ1) is 12.5. The number of rotatable bonds is 2. The van der Waals surface area contributed by atoms with Crippen molar-refractivity contribution in [3.63, 3.8) is 0 Å². The Bertz CT molecular complexity index is 549. The number of hydrogen-bond donors (Lipinski definition) is 0. The van der Waals surface area contributed by atoms with Gasteiger partial charge in [0.05, 0.1) is 6.07 Å². The number of aromatic nitrogens is 2. The maximum absolute atomic E-state index is 13.0. The second kappa shape index (κ2) is 4.72. The maximum Gasteiger partial charge on any atom is 0.225 e. The van der Waals surface area contributed by atoms with Crippen molar-refractivity contribution in [1.29, 1.82) is 0 Å². The molecule has 0 aliphatic rings. The second-order valence-electron chi connectivity index (χ2n) is 5.03. The molecule has 0 radical (unpaired) electrons. The standard InChI is InChI=1S/C14H15FN2O/c1-14(2,3)10-6-4-5-7-11(10)18-13-8-12(15)16-9-17-13/h4-9H,1-3H3. The van der Waals surface area contributed by atoms with E-state index in [1.165, 1.54) is 6.07 Å². The first-order valence-electron chi connectivity index (χ1n) is 5.72. The van der Waals surface area contributed by atoms with Crippen LogP contribution < -0.4 is 4.74 Å². The summed E-state index contributed by atoms with van der Waals surface area (Å²) in [5.74, 6) is 0.288. The molecule has 0 unspecified atom stereocenters. The molecule has 0 aliphatic heterocycles. The Hall–Kier alpha value is -1.97. The van der Waals surface area contributed by atoms with E-state index < -0.39 is 5.95 Å². The number of benzene rings is 1. The maximum atomic E-state index is 13.0. The smallest absolute Gasteiger partial charge is 0.225 e. The van der Waals surface area contributed by atoms with E-state index >= 15 is 0 Å². The molecule has 0 aliphatic carbocycles. The van der Waals surface area contributed by atoms with Gasteiger partial charge in [-0.05, 0) is 11.5 Å². The summed E-state index contributed by atoms with van der Waals surface area (Å²) in [6.07, 6.45) is 1.14. The summed E-state index contributed by atoms with van der Waals surface area (Å²) in [7, 11) is 0. The zero-order chi connectivity index (χ0) is 13.2. The molecule has 1 heterocycles. The Balaban J connectivity index is 2.35. The molecule has 1 aromatic heterocycles. The summed E-state index contributed by atoms with van der Waals surface area (Å²) in [4.78, 5) is 7.28. The molecule has 0 N–H and O–H groups in total. The van der Waals surface area contributed by atoms with Gasteiger partial charge in [0, 0.05) is 5.56 Å². The second-order valence-corrected chi connectivity index (χ2v) is 5.03. The topological polar surface area (TPSA) is 35.0 Å². The van der Waals surface area contributed by atoms with Gasteiger partial charge in [-0.1, -0.05) is 39.0 Å². The van der Waals surface area contributed by atoms with E-state index in [4.69, 9.17) is 4.74 Å². The molecule has 0 fully saturated rings. The van der Waals surface area contributed by atoms with Crippen LogP contribution >= 0.6 is 0 Å². The molecule has 0 atom stereocenters. The van der Waals surface area contributed by atoms with E-state index in [0.717, 1.165) is 11.9 Å². The van der Waals surface area contributed by atoms with E-state index in [2.05, 4.69) is 30.7 Å². The molecule has 3 nitrogen and oxygen atoms in total. The fraction of sp³-hybridized carbons (Fsp3) is 0.286. The number of halogens is 1. The molecule has 0 amide bonds. The Morgan fingerprint density at radius 2 is 1.83 bits per heavy atom. The lowest BCUT2D eigenvalue weighted by atomic mass is 9.86. The molecule has 1 aromatic carbocycles. The molecule has 0 saturated carbocycles. The lowest BCUT2D eigenvalue weighted by Gasteiger charge is -2.22. The number of para-hydroxylation sites is 1. The summed E-state index contributed by atoms with van der Waals surface area (Å²) in [5.41, 5.74) is 0.992. The quantitative estimate of drug-likeness (QED) is 0.758. The first-order chi connectivity index (χ1) is 8.47. The third-order valence-corrected chi connectivity index (χ3v) is 2.52. The molecule has 4 heteroatoms. The number of hydrogen-bond acceptors (Lipinski definition) is 3. The van der Waals surface area contributed by atoms with Crippen molar-refractivity contribution in [2.24, 2.45) is 0 Å². The number of ether oxygens (including phenoxy) is 1. The molecule has 0 bridgehead atoms. The van der Waals surface area contributed by atoms with Crippen LogP contribution in [0, 0.1) is 5.95 Å². The average Bonchev–Trinajstić information content (AvgIpc) is 2.28. The van der Waals surface area contributed by atoms with E-state index in [-0.39, 0.29) is 11.3 Å². The summed E-state index contributed by atoms with van der Waals surface area (Å²) in [5, 5.41) is 0. The van der Waals surface area contributed by atoms with Crippen LogP contribution in [0.25, 0.3) is 0 Å². The highest BCUT2D eigenvalue weighted by molar-refractivity contribution is 5.40. The third kappa shape index (κ3) is 2.83. The van der Waals surface area contributed by atoms with Gasteiger partial charge in [-0.15, -0.1) is 0 Å². The monoisotopic (exact) mass is 246 g/mol. The Kier molecular flexibility index (Phi) is 3.28. The minimum absolute atomic E-state index is 0.0534. The Labute approximate surface area is 106 Å². The molecule has 2 aromatic rings. The van der Waals surface area contributed by atoms with Gasteiger partial charge in [-0.3, -0.25) is 0 Å². The highest BCUT2D eigenvalue weighted by Gasteiger charge is 2.19. The van der Waals surface area contributed by atoms with Gasteiger partial charge in [0.1, 0.15) is 12.1 Å². The van der Waals surface area contributed by atoms with Crippen molar-refractivity contribution < 1.29 is 9.13 Å². The Morgan fingerprint density at radius 3 is 2.50 bits per heavy atom. The summed E-state index contributed by atoms with van der Waals surface area (Å²) in [6, 6.07) is 8.84. The third-order valence-electron chi connectivity index (χ3n) is 2.52. The fourth-order valence-corrected chi connectivity index (χ4v) is 1.66. The SMILES string of the molecule is CC(C)(C)c1ccccc1Oc1cc(F)ncn1. The molecule has 18 heavy (non-hydrogen) atoms. The minimum atomic E-state index is -0.603. The van der Waals surface area contributed by atoms with E-state index in [9.17, 15) is 4.39 Å². The van der Waals surface area contributed by atoms with Crippen LogP contribution in [0.3, 0.4) is 0 Å². The zero-order valence-corrected chi connectivity index (χ0v) is 10.6. The summed E-state index contributed by atoms with van der Waals surface area (Å²) in [6.45, 7) is 6.28. The normalized spacial score (nSPS) is 11.3. The van der Waals surface area contributed by atoms with E-state index in [0.29, 0.717) is 5.75 Å². The molecule has 0 spiro atoms. The predicted molar refractivity (Wildman–Crippen MR) is 67.2 cm³/mol. The van der Waals surface area contributed by atoms with Crippen molar-refractivity contribution in [1.82, 2.24) is 9.97 Å². The van der Waals surface area contributed by atoms with Crippen LogP contribution in [0.1, 0.15) is 26.3 Å². The molecular formula is C14H15FN2O. The molecular weight excluding hydrogens is 231 g/mol. The van der Waals surface area contributed by atoms with Crippen molar-refractivity contribution in [3.05, 3.63) is 48.2 Å².